The van der Waals surface area contributed by atoms with Crippen molar-refractivity contribution in [2.45, 2.75) is 25.8 Å². The predicted molar refractivity (Wildman–Crippen MR) is 128 cm³/mol. The van der Waals surface area contributed by atoms with E-state index in [4.69, 9.17) is 14.3 Å². The van der Waals surface area contributed by atoms with Crippen molar-refractivity contribution in [1.82, 2.24) is 14.5 Å². The molecule has 0 saturated carbocycles. The van der Waals surface area contributed by atoms with Gasteiger partial charge in [0.25, 0.3) is 0 Å². The highest BCUT2D eigenvalue weighted by Crippen LogP contribution is 2.29. The third-order valence-corrected chi connectivity index (χ3v) is 6.05. The summed E-state index contributed by atoms with van der Waals surface area (Å²) in [7, 11) is 1.67. The SMILES string of the molecule is COc1cc(C=C2CCCN3C2=NOC[C@@H]3COc2ccc(F)cc2)ccc1-n1cnc(C)c1. The highest BCUT2D eigenvalue weighted by atomic mass is 19.1. The van der Waals surface area contributed by atoms with Crippen molar-refractivity contribution in [3.05, 3.63) is 77.6 Å². The van der Waals surface area contributed by atoms with E-state index in [0.29, 0.717) is 19.0 Å². The van der Waals surface area contributed by atoms with Gasteiger partial charge in [-0.15, -0.1) is 0 Å². The third-order valence-electron chi connectivity index (χ3n) is 6.05. The van der Waals surface area contributed by atoms with E-state index < -0.39 is 0 Å². The van der Waals surface area contributed by atoms with E-state index in [1.807, 2.05) is 29.8 Å². The summed E-state index contributed by atoms with van der Waals surface area (Å²) in [5.74, 6) is 1.97. The first-order valence-corrected chi connectivity index (χ1v) is 11.4. The van der Waals surface area contributed by atoms with Crippen LogP contribution in [0.15, 0.2) is 65.7 Å². The van der Waals surface area contributed by atoms with Crippen molar-refractivity contribution >= 4 is 11.9 Å². The monoisotopic (exact) mass is 462 g/mol. The summed E-state index contributed by atoms with van der Waals surface area (Å²) in [5.41, 5.74) is 4.03. The van der Waals surface area contributed by atoms with Gasteiger partial charge in [0, 0.05) is 12.7 Å². The summed E-state index contributed by atoms with van der Waals surface area (Å²) in [5, 5.41) is 4.38. The Balaban J connectivity index is 1.34. The molecule has 0 radical (unpaired) electrons. The maximum Gasteiger partial charge on any atom is 0.171 e. The third kappa shape index (κ3) is 4.62. The molecule has 176 valence electrons. The summed E-state index contributed by atoms with van der Waals surface area (Å²) in [6.45, 7) is 3.73. The van der Waals surface area contributed by atoms with Gasteiger partial charge in [-0.1, -0.05) is 11.2 Å². The van der Waals surface area contributed by atoms with E-state index in [-0.39, 0.29) is 11.9 Å². The Morgan fingerprint density at radius 1 is 1.21 bits per heavy atom. The van der Waals surface area contributed by atoms with Crippen LogP contribution in [0.5, 0.6) is 11.5 Å². The maximum atomic E-state index is 13.2. The molecule has 8 heteroatoms. The minimum absolute atomic E-state index is 0.0302. The zero-order valence-electron chi connectivity index (χ0n) is 19.3. The van der Waals surface area contributed by atoms with Crippen molar-refractivity contribution < 1.29 is 18.7 Å². The van der Waals surface area contributed by atoms with Gasteiger partial charge in [0.2, 0.25) is 0 Å². The van der Waals surface area contributed by atoms with Gasteiger partial charge in [-0.2, -0.15) is 0 Å². The summed E-state index contributed by atoms with van der Waals surface area (Å²) in [6, 6.07) is 12.2. The Kier molecular flexibility index (Phi) is 6.20. The molecule has 34 heavy (non-hydrogen) atoms. The molecule has 1 atom stereocenters. The summed E-state index contributed by atoms with van der Waals surface area (Å²) in [6.07, 6.45) is 7.82. The number of ether oxygens (including phenoxy) is 2. The van der Waals surface area contributed by atoms with Gasteiger partial charge in [0.15, 0.2) is 5.84 Å². The number of aromatic nitrogens is 2. The molecule has 5 rings (SSSR count). The van der Waals surface area contributed by atoms with Crippen molar-refractivity contribution in [1.29, 1.82) is 0 Å². The number of halogens is 1. The lowest BCUT2D eigenvalue weighted by atomic mass is 9.98. The van der Waals surface area contributed by atoms with Gasteiger partial charge in [-0.3, -0.25) is 0 Å². The van der Waals surface area contributed by atoms with Crippen LogP contribution < -0.4 is 9.47 Å². The van der Waals surface area contributed by atoms with Crippen LogP contribution in [0, 0.1) is 12.7 Å². The number of nitrogens with zero attached hydrogens (tertiary/aromatic N) is 4. The smallest absolute Gasteiger partial charge is 0.171 e. The molecule has 0 unspecified atom stereocenters. The number of fused-ring (bicyclic) bond motifs is 1. The van der Waals surface area contributed by atoms with Crippen molar-refractivity contribution in [2.24, 2.45) is 5.16 Å². The second-order valence-electron chi connectivity index (χ2n) is 8.45. The zero-order valence-corrected chi connectivity index (χ0v) is 19.3. The summed E-state index contributed by atoms with van der Waals surface area (Å²) >= 11 is 0. The van der Waals surface area contributed by atoms with E-state index in [0.717, 1.165) is 53.5 Å². The van der Waals surface area contributed by atoms with E-state index in [1.54, 1.807) is 25.6 Å². The molecule has 1 fully saturated rings. The minimum Gasteiger partial charge on any atom is -0.495 e. The van der Waals surface area contributed by atoms with Crippen LogP contribution in [-0.4, -0.2) is 53.2 Å². The zero-order chi connectivity index (χ0) is 23.5. The van der Waals surface area contributed by atoms with E-state index in [9.17, 15) is 4.39 Å². The number of hydrogen-bond donors (Lipinski definition) is 0. The lowest BCUT2D eigenvalue weighted by Gasteiger charge is -2.39. The normalized spacial score (nSPS) is 18.8. The second kappa shape index (κ2) is 9.59. The van der Waals surface area contributed by atoms with Crippen molar-refractivity contribution in [3.8, 4) is 17.2 Å². The van der Waals surface area contributed by atoms with Gasteiger partial charge in [-0.25, -0.2) is 9.37 Å². The molecule has 0 amide bonds. The van der Waals surface area contributed by atoms with E-state index in [2.05, 4.69) is 27.2 Å². The summed E-state index contributed by atoms with van der Waals surface area (Å²) in [4.78, 5) is 12.1. The number of piperidine rings is 1. The van der Waals surface area contributed by atoms with Gasteiger partial charge in [-0.05, 0) is 73.4 Å². The largest absolute Gasteiger partial charge is 0.495 e. The van der Waals surface area contributed by atoms with Crippen LogP contribution in [-0.2, 0) is 4.84 Å². The molecule has 2 aromatic carbocycles. The van der Waals surface area contributed by atoms with Gasteiger partial charge in [0.1, 0.15) is 36.6 Å². The molecule has 7 nitrogen and oxygen atoms in total. The van der Waals surface area contributed by atoms with Crippen LogP contribution in [0.25, 0.3) is 11.8 Å². The predicted octanol–water partition coefficient (Wildman–Crippen LogP) is 4.60. The van der Waals surface area contributed by atoms with Crippen molar-refractivity contribution in [2.75, 3.05) is 26.9 Å². The average molecular weight is 463 g/mol. The highest BCUT2D eigenvalue weighted by Gasteiger charge is 2.32. The molecule has 0 N–H and O–H groups in total. The number of methoxy groups -OCH3 is 1. The Morgan fingerprint density at radius 3 is 2.82 bits per heavy atom. The molecule has 1 saturated heterocycles. The fraction of sp³-hybridized carbons (Fsp3) is 0.308. The van der Waals surface area contributed by atoms with Gasteiger partial charge < -0.3 is 23.8 Å². The van der Waals surface area contributed by atoms with Crippen LogP contribution >= 0.6 is 0 Å². The van der Waals surface area contributed by atoms with Crippen LogP contribution in [0.2, 0.25) is 0 Å². The Hall–Kier alpha value is -3.81. The van der Waals surface area contributed by atoms with E-state index >= 15 is 0 Å². The first kappa shape index (κ1) is 22.0. The summed E-state index contributed by atoms with van der Waals surface area (Å²) < 4.78 is 26.7. The number of amidine groups is 1. The fourth-order valence-corrected chi connectivity index (χ4v) is 4.33. The van der Waals surface area contributed by atoms with Gasteiger partial charge >= 0.3 is 0 Å². The number of aryl methyl sites for hydroxylation is 1. The topological polar surface area (TPSA) is 61.1 Å². The van der Waals surface area contributed by atoms with E-state index in [1.165, 1.54) is 12.1 Å². The minimum atomic E-state index is -0.279. The Bertz CT molecular complexity index is 1220. The average Bonchev–Trinajstić information content (AvgIpc) is 3.30. The fourth-order valence-electron chi connectivity index (χ4n) is 4.33. The number of imidazole rings is 1. The number of benzene rings is 2. The molecule has 1 aromatic heterocycles. The first-order chi connectivity index (χ1) is 16.6. The standard InChI is InChI=1S/C26H27FN4O3/c1-18-14-30(17-28-18)24-10-5-19(13-25(24)32-2)12-20-4-3-11-31-22(16-34-29-26(20)31)15-33-23-8-6-21(27)7-9-23/h5-10,12-14,17,22H,3-4,11,15-16H2,1-2H3/t22-/m0/s1. The molecule has 0 aliphatic carbocycles. The molecule has 3 aromatic rings. The molecular weight excluding hydrogens is 435 g/mol. The van der Waals surface area contributed by atoms with Crippen LogP contribution in [0.3, 0.4) is 0 Å². The maximum absolute atomic E-state index is 13.2. The van der Waals surface area contributed by atoms with Crippen LogP contribution in [0.4, 0.5) is 4.39 Å². The van der Waals surface area contributed by atoms with Crippen molar-refractivity contribution in [3.63, 3.8) is 0 Å². The second-order valence-corrected chi connectivity index (χ2v) is 8.45. The Morgan fingerprint density at radius 2 is 2.06 bits per heavy atom. The lowest BCUT2D eigenvalue weighted by Crippen LogP contribution is -2.51. The Labute approximate surface area is 198 Å². The number of hydrogen-bond acceptors (Lipinski definition) is 6. The molecule has 3 heterocycles. The molecule has 0 bridgehead atoms. The number of rotatable bonds is 6. The molecule has 0 spiro atoms. The molecule has 2 aliphatic rings. The quantitative estimate of drug-likeness (QED) is 0.536. The number of oxime groups is 1. The van der Waals surface area contributed by atoms with Crippen LogP contribution in [0.1, 0.15) is 24.1 Å². The van der Waals surface area contributed by atoms with Gasteiger partial charge in [0.05, 0.1) is 24.8 Å². The first-order valence-electron chi connectivity index (χ1n) is 11.4. The highest BCUT2D eigenvalue weighted by molar-refractivity contribution is 6.02. The molecule has 2 aliphatic heterocycles. The lowest BCUT2D eigenvalue weighted by molar-refractivity contribution is 0.0373. The molecular formula is C26H27FN4O3.